The van der Waals surface area contributed by atoms with Crippen LogP contribution in [0.1, 0.15) is 12.0 Å². The molecule has 96 valence electrons. The van der Waals surface area contributed by atoms with Crippen molar-refractivity contribution in [2.45, 2.75) is 19.5 Å². The van der Waals surface area contributed by atoms with Crippen LogP contribution < -0.4 is 5.32 Å². The number of nitrogens with one attached hydrogen (secondary N) is 1. The van der Waals surface area contributed by atoms with Crippen LogP contribution in [-0.2, 0) is 24.9 Å². The van der Waals surface area contributed by atoms with Crippen LogP contribution in [0.4, 0.5) is 0 Å². The topological polar surface area (TPSA) is 64.7 Å². The Kier molecular flexibility index (Phi) is 3.99. The molecule has 0 spiro atoms. The van der Waals surface area contributed by atoms with Gasteiger partial charge in [-0.25, -0.2) is 0 Å². The molecule has 0 atom stereocenters. The van der Waals surface area contributed by atoms with Crippen LogP contribution in [-0.4, -0.2) is 25.5 Å². The van der Waals surface area contributed by atoms with E-state index in [9.17, 15) is 4.79 Å². The second-order valence-corrected chi connectivity index (χ2v) is 4.41. The van der Waals surface area contributed by atoms with E-state index in [-0.39, 0.29) is 5.91 Å². The SMILES string of the molecule is Cn1cc(CNC(=O)CCn2cc(Cl)cn2)cn1. The van der Waals surface area contributed by atoms with E-state index in [0.717, 1.165) is 5.56 Å². The Balaban J connectivity index is 1.72. The van der Waals surface area contributed by atoms with E-state index >= 15 is 0 Å². The lowest BCUT2D eigenvalue weighted by Gasteiger charge is -2.03. The lowest BCUT2D eigenvalue weighted by Crippen LogP contribution is -2.23. The summed E-state index contributed by atoms with van der Waals surface area (Å²) in [4.78, 5) is 11.6. The number of nitrogens with zero attached hydrogens (tertiary/aromatic N) is 4. The first-order valence-corrected chi connectivity index (χ1v) is 5.93. The Hall–Kier alpha value is -1.82. The third-order valence-corrected chi connectivity index (χ3v) is 2.61. The highest BCUT2D eigenvalue weighted by molar-refractivity contribution is 6.30. The van der Waals surface area contributed by atoms with Gasteiger partial charge in [0.2, 0.25) is 5.91 Å². The highest BCUT2D eigenvalue weighted by Gasteiger charge is 2.03. The summed E-state index contributed by atoms with van der Waals surface area (Å²) in [5.41, 5.74) is 0.980. The van der Waals surface area contributed by atoms with Crippen molar-refractivity contribution >= 4 is 17.5 Å². The maximum atomic E-state index is 11.6. The van der Waals surface area contributed by atoms with E-state index in [1.807, 2.05) is 13.2 Å². The molecule has 0 saturated heterocycles. The monoisotopic (exact) mass is 267 g/mol. The molecule has 0 aliphatic carbocycles. The summed E-state index contributed by atoms with van der Waals surface area (Å²) in [5.74, 6) is -0.0227. The molecule has 18 heavy (non-hydrogen) atoms. The van der Waals surface area contributed by atoms with E-state index < -0.39 is 0 Å². The molecular weight excluding hydrogens is 254 g/mol. The molecule has 0 aliphatic heterocycles. The predicted molar refractivity (Wildman–Crippen MR) is 66.9 cm³/mol. The minimum absolute atomic E-state index is 0.0227. The van der Waals surface area contributed by atoms with E-state index in [2.05, 4.69) is 15.5 Å². The van der Waals surface area contributed by atoms with Crippen LogP contribution in [0.5, 0.6) is 0 Å². The number of halogens is 1. The van der Waals surface area contributed by atoms with Gasteiger partial charge in [-0.15, -0.1) is 0 Å². The number of carbonyl (C=O) groups excluding carboxylic acids is 1. The fraction of sp³-hybridized carbons (Fsp3) is 0.364. The molecule has 2 rings (SSSR count). The Morgan fingerprint density at radius 1 is 1.39 bits per heavy atom. The molecule has 0 aliphatic rings. The fourth-order valence-electron chi connectivity index (χ4n) is 1.53. The third kappa shape index (κ3) is 3.59. The van der Waals surface area contributed by atoms with Crippen molar-refractivity contribution < 1.29 is 4.79 Å². The zero-order valence-corrected chi connectivity index (χ0v) is 10.8. The molecule has 0 unspecified atom stereocenters. The highest BCUT2D eigenvalue weighted by Crippen LogP contribution is 2.05. The number of carbonyl (C=O) groups is 1. The molecule has 2 aromatic heterocycles. The van der Waals surface area contributed by atoms with Gasteiger partial charge >= 0.3 is 0 Å². The van der Waals surface area contributed by atoms with Crippen molar-refractivity contribution in [1.29, 1.82) is 0 Å². The van der Waals surface area contributed by atoms with Gasteiger partial charge in [-0.05, 0) is 0 Å². The van der Waals surface area contributed by atoms with Gasteiger partial charge in [0.1, 0.15) is 0 Å². The predicted octanol–water partition coefficient (Wildman–Crippen LogP) is 0.976. The van der Waals surface area contributed by atoms with Gasteiger partial charge in [-0.1, -0.05) is 11.6 Å². The van der Waals surface area contributed by atoms with E-state index in [4.69, 9.17) is 11.6 Å². The molecule has 0 fully saturated rings. The van der Waals surface area contributed by atoms with Crippen molar-refractivity contribution in [3.05, 3.63) is 35.4 Å². The second-order valence-electron chi connectivity index (χ2n) is 3.97. The average molecular weight is 268 g/mol. The first-order chi connectivity index (χ1) is 8.63. The van der Waals surface area contributed by atoms with Crippen LogP contribution in [0.3, 0.4) is 0 Å². The molecule has 7 heteroatoms. The van der Waals surface area contributed by atoms with Crippen LogP contribution >= 0.6 is 11.6 Å². The number of aromatic nitrogens is 4. The average Bonchev–Trinajstić information content (AvgIpc) is 2.93. The van der Waals surface area contributed by atoms with Gasteiger partial charge in [-0.3, -0.25) is 14.2 Å². The molecule has 0 aromatic carbocycles. The summed E-state index contributed by atoms with van der Waals surface area (Å²) in [5, 5.41) is 11.4. The van der Waals surface area contributed by atoms with Crippen molar-refractivity contribution in [2.24, 2.45) is 7.05 Å². The Labute approximate surface area is 110 Å². The van der Waals surface area contributed by atoms with Crippen LogP contribution in [0.15, 0.2) is 24.8 Å². The van der Waals surface area contributed by atoms with Gasteiger partial charge in [0.05, 0.1) is 17.4 Å². The maximum absolute atomic E-state index is 11.6. The van der Waals surface area contributed by atoms with Gasteiger partial charge < -0.3 is 5.32 Å². The number of hydrogen-bond donors (Lipinski definition) is 1. The van der Waals surface area contributed by atoms with Crippen molar-refractivity contribution in [3.8, 4) is 0 Å². The van der Waals surface area contributed by atoms with Gasteiger partial charge in [0, 0.05) is 44.5 Å². The van der Waals surface area contributed by atoms with Gasteiger partial charge in [0.25, 0.3) is 0 Å². The van der Waals surface area contributed by atoms with E-state index in [0.29, 0.717) is 24.5 Å². The molecule has 2 aromatic rings. The minimum Gasteiger partial charge on any atom is -0.352 e. The summed E-state index contributed by atoms with van der Waals surface area (Å²) < 4.78 is 3.35. The Bertz CT molecular complexity index is 487. The third-order valence-electron chi connectivity index (χ3n) is 2.42. The normalized spacial score (nSPS) is 10.6. The van der Waals surface area contributed by atoms with Crippen molar-refractivity contribution in [3.63, 3.8) is 0 Å². The van der Waals surface area contributed by atoms with Gasteiger partial charge in [-0.2, -0.15) is 10.2 Å². The first kappa shape index (κ1) is 12.6. The summed E-state index contributed by atoms with van der Waals surface area (Å²) in [6, 6.07) is 0. The number of rotatable bonds is 5. The largest absolute Gasteiger partial charge is 0.352 e. The standard InChI is InChI=1S/C11H14ClN5O/c1-16-7-9(5-14-16)4-13-11(18)2-3-17-8-10(12)6-15-17/h5-8H,2-4H2,1H3,(H,13,18). The van der Waals surface area contributed by atoms with Crippen LogP contribution in [0.2, 0.25) is 5.02 Å². The number of hydrogen-bond acceptors (Lipinski definition) is 3. The lowest BCUT2D eigenvalue weighted by molar-refractivity contribution is -0.121. The minimum atomic E-state index is -0.0227. The van der Waals surface area contributed by atoms with Crippen molar-refractivity contribution in [2.75, 3.05) is 0 Å². The summed E-state index contributed by atoms with van der Waals surface area (Å²) in [7, 11) is 1.84. The molecule has 0 bridgehead atoms. The lowest BCUT2D eigenvalue weighted by atomic mass is 10.3. The fourth-order valence-corrected chi connectivity index (χ4v) is 1.69. The van der Waals surface area contributed by atoms with E-state index in [1.165, 1.54) is 0 Å². The molecular formula is C11H14ClN5O. The van der Waals surface area contributed by atoms with Crippen LogP contribution in [0.25, 0.3) is 0 Å². The highest BCUT2D eigenvalue weighted by atomic mass is 35.5. The van der Waals surface area contributed by atoms with Crippen molar-refractivity contribution in [1.82, 2.24) is 24.9 Å². The first-order valence-electron chi connectivity index (χ1n) is 5.55. The molecule has 1 amide bonds. The molecule has 0 radical (unpaired) electrons. The summed E-state index contributed by atoms with van der Waals surface area (Å²) in [6.07, 6.45) is 7.21. The Morgan fingerprint density at radius 3 is 2.83 bits per heavy atom. The van der Waals surface area contributed by atoms with Gasteiger partial charge in [0.15, 0.2) is 0 Å². The quantitative estimate of drug-likeness (QED) is 0.878. The zero-order chi connectivity index (χ0) is 13.0. The number of aryl methyl sites for hydroxylation is 2. The van der Waals surface area contributed by atoms with E-state index in [1.54, 1.807) is 28.0 Å². The molecule has 0 saturated carbocycles. The van der Waals surface area contributed by atoms with Crippen LogP contribution in [0, 0.1) is 0 Å². The zero-order valence-electron chi connectivity index (χ0n) is 10.0. The smallest absolute Gasteiger partial charge is 0.222 e. The molecule has 2 heterocycles. The Morgan fingerprint density at radius 2 is 2.22 bits per heavy atom. The summed E-state index contributed by atoms with van der Waals surface area (Å²) in [6.45, 7) is 1.01. The molecule has 1 N–H and O–H groups in total. The number of amides is 1. The molecule has 6 nitrogen and oxygen atoms in total. The second kappa shape index (κ2) is 5.68. The maximum Gasteiger partial charge on any atom is 0.222 e. The summed E-state index contributed by atoms with van der Waals surface area (Å²) >= 11 is 5.73.